The van der Waals surface area contributed by atoms with E-state index < -0.39 is 17.7 Å². The monoisotopic (exact) mass is 452 g/mol. The first-order chi connectivity index (χ1) is 16.0. The van der Waals surface area contributed by atoms with Gasteiger partial charge in [-0.3, -0.25) is 9.59 Å². The van der Waals surface area contributed by atoms with Crippen LogP contribution in [0.15, 0.2) is 54.1 Å². The van der Waals surface area contributed by atoms with Crippen molar-refractivity contribution in [1.29, 1.82) is 0 Å². The van der Waals surface area contributed by atoms with Gasteiger partial charge in [0.05, 0.1) is 25.8 Å². The van der Waals surface area contributed by atoms with Gasteiger partial charge in [0, 0.05) is 12.1 Å². The van der Waals surface area contributed by atoms with Crippen molar-refractivity contribution >= 4 is 17.4 Å². The van der Waals surface area contributed by atoms with Gasteiger partial charge in [-0.2, -0.15) is 0 Å². The minimum atomic E-state index is -0.721. The molecule has 1 aliphatic heterocycles. The molecule has 2 aromatic rings. The molecule has 176 valence electrons. The molecule has 0 spiro atoms. The maximum atomic E-state index is 13.1. The predicted octanol–water partition coefficient (Wildman–Crippen LogP) is 3.86. The van der Waals surface area contributed by atoms with Crippen LogP contribution in [0.2, 0.25) is 0 Å². The highest BCUT2D eigenvalue weighted by molar-refractivity contribution is 6.46. The van der Waals surface area contributed by atoms with Crippen LogP contribution in [0.3, 0.4) is 0 Å². The Morgan fingerprint density at radius 1 is 1.00 bits per heavy atom. The molecular weight excluding hydrogens is 420 g/mol. The second-order valence-electron chi connectivity index (χ2n) is 7.85. The number of ether oxygens (including phenoxy) is 2. The van der Waals surface area contributed by atoms with Gasteiger partial charge in [0.15, 0.2) is 11.5 Å². The zero-order valence-electron chi connectivity index (χ0n) is 19.7. The number of hydrogen-bond donors (Lipinski definition) is 1. The van der Waals surface area contributed by atoms with Crippen molar-refractivity contribution in [3.8, 4) is 11.5 Å². The van der Waals surface area contributed by atoms with E-state index in [1.165, 1.54) is 7.11 Å². The Morgan fingerprint density at radius 2 is 1.67 bits per heavy atom. The fourth-order valence-electron chi connectivity index (χ4n) is 4.24. The summed E-state index contributed by atoms with van der Waals surface area (Å²) in [5.41, 5.74) is 1.25. The topological polar surface area (TPSA) is 79.3 Å². The number of ketones is 1. The van der Waals surface area contributed by atoms with E-state index in [9.17, 15) is 14.7 Å². The van der Waals surface area contributed by atoms with Crippen molar-refractivity contribution in [2.24, 2.45) is 0 Å². The number of aliphatic hydroxyl groups excluding tert-OH is 1. The SMILES string of the molecule is CCN(CC)CCCN1C(=O)C(=O)/C(=C(/O)c2ccccc2)[C@H]1c1ccc(OC)c(OC)c1. The van der Waals surface area contributed by atoms with E-state index >= 15 is 0 Å². The largest absolute Gasteiger partial charge is 0.507 e. The minimum absolute atomic E-state index is 0.0845. The molecule has 7 heteroatoms. The molecule has 0 bridgehead atoms. The van der Waals surface area contributed by atoms with Crippen LogP contribution in [-0.2, 0) is 9.59 Å². The summed E-state index contributed by atoms with van der Waals surface area (Å²) in [4.78, 5) is 30.0. The van der Waals surface area contributed by atoms with E-state index in [1.54, 1.807) is 54.5 Å². The molecule has 0 unspecified atom stereocenters. The van der Waals surface area contributed by atoms with Crippen LogP contribution in [0.25, 0.3) is 5.76 Å². The molecule has 1 heterocycles. The standard InChI is InChI=1S/C26H32N2O5/c1-5-27(6-2)15-10-16-28-23(19-13-14-20(32-3)21(17-19)33-4)22(25(30)26(28)31)24(29)18-11-8-7-9-12-18/h7-9,11-14,17,23,29H,5-6,10,15-16H2,1-4H3/b24-22+/t23-/m1/s1. The normalized spacial score (nSPS) is 17.6. The number of Topliss-reactive ketones (excluding diaryl/α,β-unsaturated/α-hetero) is 1. The van der Waals surface area contributed by atoms with E-state index in [1.807, 2.05) is 6.07 Å². The Labute approximate surface area is 195 Å². The van der Waals surface area contributed by atoms with Crippen LogP contribution >= 0.6 is 0 Å². The van der Waals surface area contributed by atoms with Crippen molar-refractivity contribution in [1.82, 2.24) is 9.80 Å². The summed E-state index contributed by atoms with van der Waals surface area (Å²) < 4.78 is 10.8. The summed E-state index contributed by atoms with van der Waals surface area (Å²) in [6.45, 7) is 7.24. The molecule has 1 saturated heterocycles. The van der Waals surface area contributed by atoms with Gasteiger partial charge in [0.25, 0.3) is 11.7 Å². The van der Waals surface area contributed by atoms with Gasteiger partial charge in [0.2, 0.25) is 0 Å². The number of hydrogen-bond acceptors (Lipinski definition) is 6. The lowest BCUT2D eigenvalue weighted by Crippen LogP contribution is -2.33. The second kappa shape index (κ2) is 11.0. The van der Waals surface area contributed by atoms with Crippen molar-refractivity contribution in [3.63, 3.8) is 0 Å². The van der Waals surface area contributed by atoms with Gasteiger partial charge >= 0.3 is 0 Å². The third-order valence-corrected chi connectivity index (χ3v) is 6.08. The summed E-state index contributed by atoms with van der Waals surface area (Å²) in [5.74, 6) is -0.433. The maximum absolute atomic E-state index is 13.1. The van der Waals surface area contributed by atoms with Crippen LogP contribution < -0.4 is 9.47 Å². The molecule has 1 fully saturated rings. The van der Waals surface area contributed by atoms with E-state index in [0.717, 1.165) is 19.6 Å². The van der Waals surface area contributed by atoms with Gasteiger partial charge < -0.3 is 24.4 Å². The first kappa shape index (κ1) is 24.3. The number of nitrogens with zero attached hydrogens (tertiary/aromatic N) is 2. The third kappa shape index (κ3) is 5.03. The van der Waals surface area contributed by atoms with E-state index in [-0.39, 0.29) is 11.3 Å². The molecule has 0 radical (unpaired) electrons. The van der Waals surface area contributed by atoms with E-state index in [2.05, 4.69) is 18.7 Å². The first-order valence-corrected chi connectivity index (χ1v) is 11.2. The lowest BCUT2D eigenvalue weighted by molar-refractivity contribution is -0.140. The Hall–Kier alpha value is -3.32. The lowest BCUT2D eigenvalue weighted by Gasteiger charge is -2.27. The Bertz CT molecular complexity index is 1010. The number of rotatable bonds is 10. The zero-order valence-corrected chi connectivity index (χ0v) is 19.7. The average Bonchev–Trinajstić information content (AvgIpc) is 3.11. The minimum Gasteiger partial charge on any atom is -0.507 e. The second-order valence-corrected chi connectivity index (χ2v) is 7.85. The van der Waals surface area contributed by atoms with Crippen molar-refractivity contribution < 1.29 is 24.2 Å². The highest BCUT2D eigenvalue weighted by Crippen LogP contribution is 2.41. The summed E-state index contributed by atoms with van der Waals surface area (Å²) >= 11 is 0. The number of methoxy groups -OCH3 is 2. The molecule has 0 aliphatic carbocycles. The van der Waals surface area contributed by atoms with Crippen LogP contribution in [0.4, 0.5) is 0 Å². The summed E-state index contributed by atoms with van der Waals surface area (Å²) in [5, 5.41) is 11.1. The van der Waals surface area contributed by atoms with Gasteiger partial charge in [-0.05, 0) is 43.8 Å². The predicted molar refractivity (Wildman–Crippen MR) is 127 cm³/mol. The van der Waals surface area contributed by atoms with Crippen LogP contribution in [0, 0.1) is 0 Å². The van der Waals surface area contributed by atoms with Crippen molar-refractivity contribution in [3.05, 3.63) is 65.2 Å². The summed E-state index contributed by atoms with van der Waals surface area (Å²) in [7, 11) is 3.08. The molecule has 33 heavy (non-hydrogen) atoms. The highest BCUT2D eigenvalue weighted by Gasteiger charge is 2.46. The first-order valence-electron chi connectivity index (χ1n) is 11.2. The van der Waals surface area contributed by atoms with Crippen molar-refractivity contribution in [2.75, 3.05) is 40.4 Å². The molecule has 0 saturated carbocycles. The molecule has 2 aromatic carbocycles. The molecule has 1 amide bonds. The third-order valence-electron chi connectivity index (χ3n) is 6.08. The number of likely N-dealkylation sites (tertiary alicyclic amines) is 1. The highest BCUT2D eigenvalue weighted by atomic mass is 16.5. The Morgan fingerprint density at radius 3 is 2.27 bits per heavy atom. The number of carbonyl (C=O) groups excluding carboxylic acids is 2. The number of benzene rings is 2. The number of carbonyl (C=O) groups is 2. The molecule has 1 aliphatic rings. The molecular formula is C26H32N2O5. The summed E-state index contributed by atoms with van der Waals surface area (Å²) in [6.07, 6.45) is 0.712. The fraction of sp³-hybridized carbons (Fsp3) is 0.385. The van der Waals surface area contributed by atoms with Gasteiger partial charge in [-0.15, -0.1) is 0 Å². The molecule has 1 N–H and O–H groups in total. The molecule has 7 nitrogen and oxygen atoms in total. The zero-order chi connectivity index (χ0) is 24.0. The smallest absolute Gasteiger partial charge is 0.295 e. The van der Waals surface area contributed by atoms with Gasteiger partial charge in [-0.25, -0.2) is 0 Å². The van der Waals surface area contributed by atoms with Crippen molar-refractivity contribution in [2.45, 2.75) is 26.3 Å². The number of aliphatic hydroxyl groups is 1. The average molecular weight is 453 g/mol. The number of amides is 1. The maximum Gasteiger partial charge on any atom is 0.295 e. The van der Waals surface area contributed by atoms with Gasteiger partial charge in [-0.1, -0.05) is 50.2 Å². The van der Waals surface area contributed by atoms with E-state index in [4.69, 9.17) is 9.47 Å². The Kier molecular flexibility index (Phi) is 8.11. The van der Waals surface area contributed by atoms with Crippen LogP contribution in [0.1, 0.15) is 37.4 Å². The molecule has 0 aromatic heterocycles. The fourth-order valence-corrected chi connectivity index (χ4v) is 4.24. The van der Waals surface area contributed by atoms with Gasteiger partial charge in [0.1, 0.15) is 5.76 Å². The van der Waals surface area contributed by atoms with E-state index in [0.29, 0.717) is 35.6 Å². The van der Waals surface area contributed by atoms with Crippen LogP contribution in [-0.4, -0.2) is 67.0 Å². The molecule has 1 atom stereocenters. The van der Waals surface area contributed by atoms with Crippen LogP contribution in [0.5, 0.6) is 11.5 Å². The quantitative estimate of drug-likeness (QED) is 0.335. The Balaban J connectivity index is 2.07. The molecule has 3 rings (SSSR count). The summed E-state index contributed by atoms with van der Waals surface area (Å²) in [6, 6.07) is 13.4. The lowest BCUT2D eigenvalue weighted by atomic mass is 9.95.